The first-order valence-corrected chi connectivity index (χ1v) is 7.23. The summed E-state index contributed by atoms with van der Waals surface area (Å²) < 4.78 is 0. The molecule has 0 spiro atoms. The van der Waals surface area contributed by atoms with Gasteiger partial charge in [-0.15, -0.1) is 0 Å². The maximum atomic E-state index is 11.6. The van der Waals surface area contributed by atoms with E-state index >= 15 is 0 Å². The van der Waals surface area contributed by atoms with E-state index < -0.39 is 17.6 Å². The second-order valence-corrected chi connectivity index (χ2v) is 5.95. The highest BCUT2D eigenvalue weighted by Crippen LogP contribution is 2.33. The zero-order valence-corrected chi connectivity index (χ0v) is 11.9. The molecule has 4 heteroatoms. The Bertz CT molecular complexity index is 438. The Labute approximate surface area is 119 Å². The summed E-state index contributed by atoms with van der Waals surface area (Å²) in [5, 5.41) is 22.4. The van der Waals surface area contributed by atoms with Crippen molar-refractivity contribution in [1.29, 1.82) is 0 Å². The van der Waals surface area contributed by atoms with Gasteiger partial charge in [0.15, 0.2) is 0 Å². The van der Waals surface area contributed by atoms with E-state index in [4.69, 9.17) is 0 Å². The van der Waals surface area contributed by atoms with Gasteiger partial charge in [-0.25, -0.2) is 0 Å². The summed E-state index contributed by atoms with van der Waals surface area (Å²) >= 11 is 0. The molecular weight excluding hydrogens is 254 g/mol. The minimum atomic E-state index is -0.900. The number of aliphatic hydroxyl groups is 1. The van der Waals surface area contributed by atoms with Crippen LogP contribution in [0.3, 0.4) is 0 Å². The minimum absolute atomic E-state index is 0.0175. The lowest BCUT2D eigenvalue weighted by Gasteiger charge is -2.40. The molecule has 2 rings (SSSR count). The summed E-state index contributed by atoms with van der Waals surface area (Å²) in [6.07, 6.45) is 3.69. The van der Waals surface area contributed by atoms with Crippen molar-refractivity contribution >= 4 is 5.97 Å². The minimum Gasteiger partial charge on any atom is -0.480 e. The van der Waals surface area contributed by atoms with Gasteiger partial charge in [-0.05, 0) is 37.2 Å². The van der Waals surface area contributed by atoms with Gasteiger partial charge in [0.2, 0.25) is 0 Å². The van der Waals surface area contributed by atoms with Gasteiger partial charge in [-0.2, -0.15) is 0 Å². The van der Waals surface area contributed by atoms with Crippen molar-refractivity contribution in [2.75, 3.05) is 6.61 Å². The first-order valence-electron chi connectivity index (χ1n) is 7.23. The Kier molecular flexibility index (Phi) is 4.78. The van der Waals surface area contributed by atoms with E-state index in [9.17, 15) is 15.0 Å². The predicted octanol–water partition coefficient (Wildman–Crippen LogP) is 2.34. The number of benzene rings is 1. The Hall–Kier alpha value is -1.39. The first-order chi connectivity index (χ1) is 9.56. The average Bonchev–Trinajstić information content (AvgIpc) is 2.48. The Morgan fingerprint density at radius 3 is 2.45 bits per heavy atom. The third-order valence-corrected chi connectivity index (χ3v) is 4.36. The van der Waals surface area contributed by atoms with Crippen LogP contribution in [-0.2, 0) is 4.79 Å². The number of nitrogens with one attached hydrogen (secondary N) is 1. The highest BCUT2D eigenvalue weighted by Gasteiger charge is 2.37. The molecule has 0 saturated heterocycles. The Morgan fingerprint density at radius 2 is 1.95 bits per heavy atom. The van der Waals surface area contributed by atoms with E-state index in [-0.39, 0.29) is 6.61 Å². The highest BCUT2D eigenvalue weighted by molar-refractivity contribution is 5.75. The molecule has 1 aromatic rings. The molecule has 20 heavy (non-hydrogen) atoms. The summed E-state index contributed by atoms with van der Waals surface area (Å²) in [5.74, 6) is -0.251. The van der Waals surface area contributed by atoms with E-state index in [0.29, 0.717) is 5.92 Å². The van der Waals surface area contributed by atoms with Gasteiger partial charge in [-0.1, -0.05) is 37.3 Å². The molecule has 0 heterocycles. The van der Waals surface area contributed by atoms with Crippen LogP contribution in [0.5, 0.6) is 0 Å². The molecule has 0 bridgehead atoms. The molecule has 1 fully saturated rings. The van der Waals surface area contributed by atoms with Gasteiger partial charge >= 0.3 is 5.97 Å². The predicted molar refractivity (Wildman–Crippen MR) is 77.4 cm³/mol. The van der Waals surface area contributed by atoms with Gasteiger partial charge in [0.05, 0.1) is 6.61 Å². The molecule has 0 radical (unpaired) electrons. The quantitative estimate of drug-likeness (QED) is 0.772. The molecule has 1 aliphatic carbocycles. The van der Waals surface area contributed by atoms with Crippen LogP contribution >= 0.6 is 0 Å². The largest absolute Gasteiger partial charge is 0.480 e. The molecule has 110 valence electrons. The zero-order valence-electron chi connectivity index (χ0n) is 11.9. The van der Waals surface area contributed by atoms with Crippen molar-refractivity contribution in [3.8, 4) is 0 Å². The number of carbonyl (C=O) groups is 1. The molecule has 1 atom stereocenters. The van der Waals surface area contributed by atoms with E-state index in [1.165, 1.54) is 0 Å². The fourth-order valence-electron chi connectivity index (χ4n) is 2.90. The summed E-state index contributed by atoms with van der Waals surface area (Å²) in [7, 11) is 0. The van der Waals surface area contributed by atoms with Crippen molar-refractivity contribution in [2.45, 2.75) is 44.2 Å². The maximum Gasteiger partial charge on any atom is 0.325 e. The number of aliphatic carboxylic acids is 1. The lowest BCUT2D eigenvalue weighted by molar-refractivity contribution is -0.140. The van der Waals surface area contributed by atoms with Crippen LogP contribution in [0.4, 0.5) is 0 Å². The van der Waals surface area contributed by atoms with E-state index in [1.54, 1.807) is 0 Å². The van der Waals surface area contributed by atoms with Crippen molar-refractivity contribution in [3.63, 3.8) is 0 Å². The lowest BCUT2D eigenvalue weighted by Crippen LogP contribution is -2.53. The van der Waals surface area contributed by atoms with Gasteiger partial charge in [0.25, 0.3) is 0 Å². The van der Waals surface area contributed by atoms with Crippen LogP contribution in [0.15, 0.2) is 30.3 Å². The van der Waals surface area contributed by atoms with Crippen molar-refractivity contribution in [3.05, 3.63) is 35.9 Å². The maximum absolute atomic E-state index is 11.6. The fraction of sp³-hybridized carbons (Fsp3) is 0.562. The molecular formula is C16H23NO3. The van der Waals surface area contributed by atoms with Crippen LogP contribution in [0.25, 0.3) is 0 Å². The van der Waals surface area contributed by atoms with Gasteiger partial charge in [-0.3, -0.25) is 10.1 Å². The fourth-order valence-corrected chi connectivity index (χ4v) is 2.90. The molecule has 0 aromatic heterocycles. The van der Waals surface area contributed by atoms with Gasteiger partial charge in [0, 0.05) is 5.54 Å². The summed E-state index contributed by atoms with van der Waals surface area (Å²) in [6.45, 7) is 2.18. The normalized spacial score (nSPS) is 28.0. The SMILES string of the molecule is CC1CCC(CO)(NC(C(=O)O)c2ccccc2)CC1. The van der Waals surface area contributed by atoms with E-state index in [0.717, 1.165) is 31.2 Å². The van der Waals surface area contributed by atoms with Crippen molar-refractivity contribution < 1.29 is 15.0 Å². The summed E-state index contributed by atoms with van der Waals surface area (Å²) in [4.78, 5) is 11.6. The highest BCUT2D eigenvalue weighted by atomic mass is 16.4. The Morgan fingerprint density at radius 1 is 1.35 bits per heavy atom. The molecule has 1 saturated carbocycles. The average molecular weight is 277 g/mol. The molecule has 1 aromatic carbocycles. The third kappa shape index (κ3) is 3.38. The monoisotopic (exact) mass is 277 g/mol. The van der Waals surface area contributed by atoms with Crippen molar-refractivity contribution in [1.82, 2.24) is 5.32 Å². The van der Waals surface area contributed by atoms with E-state index in [2.05, 4.69) is 12.2 Å². The zero-order chi connectivity index (χ0) is 14.6. The van der Waals surface area contributed by atoms with Gasteiger partial charge in [0.1, 0.15) is 6.04 Å². The van der Waals surface area contributed by atoms with Crippen LogP contribution < -0.4 is 5.32 Å². The molecule has 0 amide bonds. The standard InChI is InChI=1S/C16H23NO3/c1-12-7-9-16(11-18,10-8-12)17-14(15(19)20)13-5-3-2-4-6-13/h2-6,12,14,17-18H,7-11H2,1H3,(H,19,20). The summed E-state index contributed by atoms with van der Waals surface area (Å²) in [5.41, 5.74) is 0.261. The molecule has 1 unspecified atom stereocenters. The number of aliphatic hydroxyl groups excluding tert-OH is 1. The molecule has 4 nitrogen and oxygen atoms in total. The second-order valence-electron chi connectivity index (χ2n) is 5.95. The van der Waals surface area contributed by atoms with Crippen LogP contribution in [-0.4, -0.2) is 28.3 Å². The Balaban J connectivity index is 2.17. The van der Waals surface area contributed by atoms with Crippen LogP contribution in [0, 0.1) is 5.92 Å². The van der Waals surface area contributed by atoms with Crippen LogP contribution in [0.1, 0.15) is 44.2 Å². The topological polar surface area (TPSA) is 69.6 Å². The lowest BCUT2D eigenvalue weighted by atomic mass is 9.77. The first kappa shape index (κ1) is 15.0. The number of carboxylic acids is 1. The smallest absolute Gasteiger partial charge is 0.325 e. The number of rotatable bonds is 5. The van der Waals surface area contributed by atoms with E-state index in [1.807, 2.05) is 30.3 Å². The molecule has 1 aliphatic rings. The summed E-state index contributed by atoms with van der Waals surface area (Å²) in [6, 6.07) is 8.39. The number of hydrogen-bond acceptors (Lipinski definition) is 3. The van der Waals surface area contributed by atoms with Gasteiger partial charge < -0.3 is 10.2 Å². The van der Waals surface area contributed by atoms with Crippen LogP contribution in [0.2, 0.25) is 0 Å². The number of hydrogen-bond donors (Lipinski definition) is 3. The third-order valence-electron chi connectivity index (χ3n) is 4.36. The molecule has 0 aliphatic heterocycles. The number of carboxylic acid groups (broad SMARTS) is 1. The van der Waals surface area contributed by atoms with Crippen molar-refractivity contribution in [2.24, 2.45) is 5.92 Å². The second kappa shape index (κ2) is 6.37. The molecule has 3 N–H and O–H groups in total.